The van der Waals surface area contributed by atoms with Crippen LogP contribution >= 0.6 is 11.3 Å². The Hall–Kier alpha value is -1.97. The summed E-state index contributed by atoms with van der Waals surface area (Å²) in [6, 6.07) is 0. The fourth-order valence-corrected chi connectivity index (χ4v) is 1.83. The fourth-order valence-electron chi connectivity index (χ4n) is 1.19. The van der Waals surface area contributed by atoms with Crippen LogP contribution in [0.3, 0.4) is 0 Å². The minimum absolute atomic E-state index is 0.0984. The molecule has 0 atom stereocenters. The number of aromatic carboxylic acids is 1. The molecule has 0 fully saturated rings. The van der Waals surface area contributed by atoms with E-state index in [1.54, 1.807) is 0 Å². The van der Waals surface area contributed by atoms with Gasteiger partial charge in [0.2, 0.25) is 10.1 Å². The summed E-state index contributed by atoms with van der Waals surface area (Å²) in [4.78, 5) is 10.8. The highest BCUT2D eigenvalue weighted by molar-refractivity contribution is 7.13. The van der Waals surface area contributed by atoms with E-state index in [0.717, 1.165) is 10.9 Å². The molecule has 6 nitrogen and oxygen atoms in total. The summed E-state index contributed by atoms with van der Waals surface area (Å²) in [5.41, 5.74) is 0.0880. The van der Waals surface area contributed by atoms with Gasteiger partial charge in [-0.2, -0.15) is 18.3 Å². The largest absolute Gasteiger partial charge is 0.478 e. The monoisotopic (exact) mass is 278 g/mol. The van der Waals surface area contributed by atoms with Crippen LogP contribution < -0.4 is 0 Å². The highest BCUT2D eigenvalue weighted by Gasteiger charge is 2.36. The average molecular weight is 278 g/mol. The van der Waals surface area contributed by atoms with Gasteiger partial charge >= 0.3 is 12.1 Å². The molecule has 96 valence electrons. The van der Waals surface area contributed by atoms with E-state index >= 15 is 0 Å². The van der Waals surface area contributed by atoms with Gasteiger partial charge in [0.05, 0.1) is 5.69 Å². The molecule has 0 spiro atoms. The Morgan fingerprint density at radius 3 is 2.56 bits per heavy atom. The van der Waals surface area contributed by atoms with Gasteiger partial charge in [-0.15, -0.1) is 10.2 Å². The summed E-state index contributed by atoms with van der Waals surface area (Å²) in [5, 5.41) is 17.6. The Labute approximate surface area is 102 Å². The molecule has 1 N–H and O–H groups in total. The van der Waals surface area contributed by atoms with Gasteiger partial charge in [0.25, 0.3) is 0 Å². The van der Waals surface area contributed by atoms with Crippen molar-refractivity contribution in [2.45, 2.75) is 13.1 Å². The molecule has 2 aromatic heterocycles. The van der Waals surface area contributed by atoms with Crippen LogP contribution in [0.2, 0.25) is 0 Å². The second-order valence-electron chi connectivity index (χ2n) is 3.27. The number of halogens is 3. The molecule has 0 aliphatic carbocycles. The molecule has 10 heteroatoms. The number of carboxylic acid groups (broad SMARTS) is 1. The lowest BCUT2D eigenvalue weighted by molar-refractivity contribution is -0.138. The number of aryl methyl sites for hydroxylation is 1. The molecule has 18 heavy (non-hydrogen) atoms. The summed E-state index contributed by atoms with van der Waals surface area (Å²) in [6.45, 7) is 1.44. The number of aromatic nitrogens is 4. The molecule has 0 amide bonds. The number of nitrogens with zero attached hydrogens (tertiary/aromatic N) is 4. The number of rotatable bonds is 2. The quantitative estimate of drug-likeness (QED) is 0.905. The molecular formula is C8H5F3N4O2S. The van der Waals surface area contributed by atoms with Crippen molar-refractivity contribution in [1.29, 1.82) is 0 Å². The van der Waals surface area contributed by atoms with Crippen LogP contribution in [-0.2, 0) is 6.18 Å². The van der Waals surface area contributed by atoms with E-state index in [-0.39, 0.29) is 27.7 Å². The summed E-state index contributed by atoms with van der Waals surface area (Å²) in [5.74, 6) is -1.21. The number of hydrogen-bond acceptors (Lipinski definition) is 5. The molecule has 0 radical (unpaired) electrons. The third-order valence-electron chi connectivity index (χ3n) is 1.98. The van der Waals surface area contributed by atoms with Crippen LogP contribution in [0.1, 0.15) is 21.1 Å². The maximum Gasteiger partial charge on any atom is 0.445 e. The lowest BCUT2D eigenvalue weighted by Gasteiger charge is -1.97. The molecule has 0 unspecified atom stereocenters. The van der Waals surface area contributed by atoms with E-state index in [1.807, 2.05) is 0 Å². The molecule has 2 rings (SSSR count). The van der Waals surface area contributed by atoms with Crippen LogP contribution in [0.5, 0.6) is 0 Å². The second kappa shape index (κ2) is 4.05. The highest BCUT2D eigenvalue weighted by Crippen LogP contribution is 2.32. The van der Waals surface area contributed by atoms with E-state index in [0.29, 0.717) is 0 Å². The van der Waals surface area contributed by atoms with Gasteiger partial charge in [0.15, 0.2) is 0 Å². The molecule has 2 aromatic rings. The van der Waals surface area contributed by atoms with E-state index < -0.39 is 17.2 Å². The van der Waals surface area contributed by atoms with Gasteiger partial charge in [0, 0.05) is 6.20 Å². The Balaban J connectivity index is 2.41. The van der Waals surface area contributed by atoms with Crippen LogP contribution in [-0.4, -0.2) is 31.1 Å². The van der Waals surface area contributed by atoms with Gasteiger partial charge in [-0.3, -0.25) is 0 Å². The third kappa shape index (κ3) is 2.18. The highest BCUT2D eigenvalue weighted by atomic mass is 32.1. The number of carbonyl (C=O) groups is 1. The third-order valence-corrected chi connectivity index (χ3v) is 2.94. The zero-order valence-corrected chi connectivity index (χ0v) is 9.58. The molecular weight excluding hydrogens is 273 g/mol. The predicted octanol–water partition coefficient (Wildman–Crippen LogP) is 1.75. The maximum atomic E-state index is 12.3. The minimum Gasteiger partial charge on any atom is -0.478 e. The van der Waals surface area contributed by atoms with Crippen LogP contribution in [0, 0.1) is 6.92 Å². The Morgan fingerprint density at radius 1 is 1.44 bits per heavy atom. The Morgan fingerprint density at radius 2 is 2.11 bits per heavy atom. The SMILES string of the molecule is Cc1nn(-c2nnc(C(F)(F)F)s2)cc1C(=O)O. The summed E-state index contributed by atoms with van der Waals surface area (Å²) < 4.78 is 37.9. The van der Waals surface area contributed by atoms with Crippen LogP contribution in [0.4, 0.5) is 13.2 Å². The normalized spacial score (nSPS) is 11.8. The van der Waals surface area contributed by atoms with Crippen LogP contribution in [0.25, 0.3) is 5.13 Å². The molecule has 0 saturated heterocycles. The van der Waals surface area contributed by atoms with Gasteiger partial charge in [-0.05, 0) is 6.92 Å². The second-order valence-corrected chi connectivity index (χ2v) is 4.22. The molecule has 0 bridgehead atoms. The summed E-state index contributed by atoms with van der Waals surface area (Å²) >= 11 is 0.287. The smallest absolute Gasteiger partial charge is 0.445 e. The van der Waals surface area contributed by atoms with E-state index in [4.69, 9.17) is 5.11 Å². The fraction of sp³-hybridized carbons (Fsp3) is 0.250. The Kier molecular flexibility index (Phi) is 2.81. The zero-order valence-electron chi connectivity index (χ0n) is 8.76. The summed E-state index contributed by atoms with van der Waals surface area (Å²) in [7, 11) is 0. The van der Waals surface area contributed by atoms with E-state index in [2.05, 4.69) is 15.3 Å². The van der Waals surface area contributed by atoms with Crippen molar-refractivity contribution in [1.82, 2.24) is 20.0 Å². The standard InChI is InChI=1S/C8H5F3N4O2S/c1-3-4(5(16)17)2-15(14-3)7-13-12-6(18-7)8(9,10)11/h2H,1H3,(H,16,17). The van der Waals surface area contributed by atoms with Gasteiger partial charge < -0.3 is 5.11 Å². The number of carboxylic acids is 1. The maximum absolute atomic E-state index is 12.3. The zero-order chi connectivity index (χ0) is 13.5. The van der Waals surface area contributed by atoms with E-state index in [1.165, 1.54) is 6.92 Å². The number of hydrogen-bond donors (Lipinski definition) is 1. The topological polar surface area (TPSA) is 80.9 Å². The van der Waals surface area contributed by atoms with Crippen molar-refractivity contribution in [2.24, 2.45) is 0 Å². The average Bonchev–Trinajstić information content (AvgIpc) is 2.81. The molecule has 0 aromatic carbocycles. The first-order valence-corrected chi connectivity index (χ1v) is 5.31. The van der Waals surface area contributed by atoms with Crippen molar-refractivity contribution in [3.8, 4) is 5.13 Å². The van der Waals surface area contributed by atoms with Crippen LogP contribution in [0.15, 0.2) is 6.20 Å². The minimum atomic E-state index is -4.58. The van der Waals surface area contributed by atoms with Crippen molar-refractivity contribution in [2.75, 3.05) is 0 Å². The molecule has 2 heterocycles. The molecule has 0 saturated carbocycles. The van der Waals surface area contributed by atoms with E-state index in [9.17, 15) is 18.0 Å². The van der Waals surface area contributed by atoms with Crippen molar-refractivity contribution >= 4 is 17.3 Å². The van der Waals surface area contributed by atoms with Crippen molar-refractivity contribution in [3.05, 3.63) is 22.5 Å². The van der Waals surface area contributed by atoms with Crippen molar-refractivity contribution in [3.63, 3.8) is 0 Å². The van der Waals surface area contributed by atoms with Gasteiger partial charge in [0.1, 0.15) is 5.56 Å². The first-order chi connectivity index (χ1) is 8.29. The molecule has 0 aliphatic rings. The molecule has 0 aliphatic heterocycles. The lowest BCUT2D eigenvalue weighted by Crippen LogP contribution is -2.03. The van der Waals surface area contributed by atoms with Gasteiger partial charge in [-0.1, -0.05) is 11.3 Å². The van der Waals surface area contributed by atoms with Gasteiger partial charge in [-0.25, -0.2) is 9.48 Å². The lowest BCUT2D eigenvalue weighted by atomic mass is 10.3. The first kappa shape index (κ1) is 12.5. The first-order valence-electron chi connectivity index (χ1n) is 4.49. The van der Waals surface area contributed by atoms with Crippen molar-refractivity contribution < 1.29 is 23.1 Å². The number of alkyl halides is 3. The summed E-state index contributed by atoms with van der Waals surface area (Å²) in [6.07, 6.45) is -3.48. The predicted molar refractivity (Wildman–Crippen MR) is 53.7 cm³/mol. The Bertz CT molecular complexity index is 604.